The van der Waals surface area contributed by atoms with Crippen molar-refractivity contribution in [3.63, 3.8) is 0 Å². The van der Waals surface area contributed by atoms with Gasteiger partial charge in [-0.15, -0.1) is 0 Å². The first-order valence-electron chi connectivity index (χ1n) is 6.03. The van der Waals surface area contributed by atoms with E-state index in [2.05, 4.69) is 13.8 Å². The Balaban J connectivity index is 2.94. The van der Waals surface area contributed by atoms with Crippen LogP contribution in [0.5, 0.6) is 11.5 Å². The van der Waals surface area contributed by atoms with Crippen LogP contribution in [0.2, 0.25) is 0 Å². The lowest BCUT2D eigenvalue weighted by Crippen LogP contribution is -2.08. The summed E-state index contributed by atoms with van der Waals surface area (Å²) in [5.41, 5.74) is 0.383. The number of halogens is 1. The maximum absolute atomic E-state index is 11.2. The Morgan fingerprint density at radius 2 is 1.78 bits per heavy atom. The Morgan fingerprint density at radius 1 is 1.17 bits per heavy atom. The van der Waals surface area contributed by atoms with E-state index in [1.165, 1.54) is 0 Å². The van der Waals surface area contributed by atoms with Gasteiger partial charge in [0.05, 0.1) is 12.7 Å². The first-order chi connectivity index (χ1) is 8.38. The van der Waals surface area contributed by atoms with E-state index in [9.17, 15) is 4.79 Å². The molecule has 0 atom stereocenters. The van der Waals surface area contributed by atoms with Crippen LogP contribution in [-0.4, -0.2) is 18.0 Å². The molecule has 0 aromatic heterocycles. The van der Waals surface area contributed by atoms with Gasteiger partial charge in [-0.3, -0.25) is 4.79 Å². The van der Waals surface area contributed by atoms with Crippen LogP contribution < -0.4 is 9.47 Å². The topological polar surface area (TPSA) is 35.5 Å². The van der Waals surface area contributed by atoms with E-state index in [4.69, 9.17) is 21.1 Å². The number of hydrogen-bond acceptors (Lipinski definition) is 3. The van der Waals surface area contributed by atoms with Crippen LogP contribution in [0.15, 0.2) is 18.2 Å². The van der Waals surface area contributed by atoms with Gasteiger partial charge in [0, 0.05) is 11.6 Å². The van der Waals surface area contributed by atoms with Crippen LogP contribution in [0.25, 0.3) is 0 Å². The summed E-state index contributed by atoms with van der Waals surface area (Å²) in [5, 5.41) is -0.515. The van der Waals surface area contributed by atoms with Crippen molar-refractivity contribution in [2.45, 2.75) is 33.8 Å². The van der Waals surface area contributed by atoms with Gasteiger partial charge in [-0.25, -0.2) is 0 Å². The van der Waals surface area contributed by atoms with Gasteiger partial charge >= 0.3 is 0 Å². The molecule has 0 fully saturated rings. The number of rotatable bonds is 6. The molecule has 0 amide bonds. The van der Waals surface area contributed by atoms with Crippen molar-refractivity contribution in [3.05, 3.63) is 23.8 Å². The second kappa shape index (κ2) is 6.64. The van der Waals surface area contributed by atoms with E-state index >= 15 is 0 Å². The third kappa shape index (κ3) is 4.96. The Kier molecular flexibility index (Phi) is 5.48. The fourth-order valence-corrected chi connectivity index (χ4v) is 1.48. The molecule has 0 spiro atoms. The molecule has 1 aromatic carbocycles. The van der Waals surface area contributed by atoms with Crippen molar-refractivity contribution in [1.82, 2.24) is 0 Å². The number of carbonyl (C=O) groups is 1. The molecular weight excluding hydrogens is 252 g/mol. The van der Waals surface area contributed by atoms with Crippen LogP contribution >= 0.6 is 11.6 Å². The predicted molar refractivity (Wildman–Crippen MR) is 72.7 cm³/mol. The fourth-order valence-electron chi connectivity index (χ4n) is 1.37. The molecule has 0 bridgehead atoms. The predicted octanol–water partition coefficient (Wildman–Crippen LogP) is 3.89. The van der Waals surface area contributed by atoms with Crippen LogP contribution in [0.4, 0.5) is 0 Å². The second-order valence-corrected chi connectivity index (χ2v) is 5.18. The van der Waals surface area contributed by atoms with Crippen molar-refractivity contribution < 1.29 is 14.3 Å². The minimum Gasteiger partial charge on any atom is -0.493 e. The Morgan fingerprint density at radius 3 is 2.28 bits per heavy atom. The van der Waals surface area contributed by atoms with Gasteiger partial charge < -0.3 is 9.47 Å². The van der Waals surface area contributed by atoms with E-state index in [0.29, 0.717) is 29.6 Å². The van der Waals surface area contributed by atoms with Crippen molar-refractivity contribution in [1.29, 1.82) is 0 Å². The highest BCUT2D eigenvalue weighted by Gasteiger charge is 2.09. The van der Waals surface area contributed by atoms with Gasteiger partial charge in [-0.2, -0.15) is 0 Å². The number of ether oxygens (including phenoxy) is 2. The molecule has 0 unspecified atom stereocenters. The highest BCUT2D eigenvalue weighted by Crippen LogP contribution is 2.25. The highest BCUT2D eigenvalue weighted by atomic mass is 35.5. The quantitative estimate of drug-likeness (QED) is 0.736. The molecule has 0 N–H and O–H groups in total. The van der Waals surface area contributed by atoms with Gasteiger partial charge in [0.25, 0.3) is 5.24 Å². The number of carbonyl (C=O) groups excluding carboxylic acids is 1. The van der Waals surface area contributed by atoms with Gasteiger partial charge in [0.1, 0.15) is 11.5 Å². The van der Waals surface area contributed by atoms with Gasteiger partial charge in [-0.1, -0.05) is 13.8 Å². The molecule has 0 saturated heterocycles. The molecule has 1 rings (SSSR count). The summed E-state index contributed by atoms with van der Waals surface area (Å²) in [6.45, 7) is 8.54. The number of benzene rings is 1. The zero-order valence-electron chi connectivity index (χ0n) is 11.2. The molecule has 1 aromatic rings. The summed E-state index contributed by atoms with van der Waals surface area (Å²) in [4.78, 5) is 11.2. The largest absolute Gasteiger partial charge is 0.493 e. The van der Waals surface area contributed by atoms with Crippen molar-refractivity contribution in [2.75, 3.05) is 6.61 Å². The van der Waals surface area contributed by atoms with E-state index in [1.54, 1.807) is 18.2 Å². The summed E-state index contributed by atoms with van der Waals surface area (Å²) < 4.78 is 11.2. The minimum atomic E-state index is -0.515. The third-order valence-corrected chi connectivity index (χ3v) is 2.28. The Bertz CT molecular complexity index is 414. The molecule has 0 heterocycles. The second-order valence-electron chi connectivity index (χ2n) is 4.84. The van der Waals surface area contributed by atoms with Crippen molar-refractivity contribution >= 4 is 16.8 Å². The summed E-state index contributed by atoms with van der Waals surface area (Å²) in [6.07, 6.45) is 0.0311. The van der Waals surface area contributed by atoms with Crippen LogP contribution in [0, 0.1) is 5.92 Å². The zero-order valence-corrected chi connectivity index (χ0v) is 12.0. The summed E-state index contributed by atoms with van der Waals surface area (Å²) in [7, 11) is 0. The molecule has 0 saturated carbocycles. The monoisotopic (exact) mass is 270 g/mol. The first-order valence-corrected chi connectivity index (χ1v) is 6.40. The van der Waals surface area contributed by atoms with E-state index < -0.39 is 5.24 Å². The van der Waals surface area contributed by atoms with Crippen LogP contribution in [-0.2, 0) is 0 Å². The molecular formula is C14H19ClO3. The SMILES string of the molecule is CC(C)COc1cc(OC(C)C)cc(C(=O)Cl)c1. The normalized spacial score (nSPS) is 10.8. The standard InChI is InChI=1S/C14H19ClO3/c1-9(2)8-17-12-5-11(14(15)16)6-13(7-12)18-10(3)4/h5-7,9-10H,8H2,1-4H3. The average Bonchev–Trinajstić information content (AvgIpc) is 2.25. The Labute approximate surface area is 113 Å². The first kappa shape index (κ1) is 14.8. The maximum atomic E-state index is 11.2. The molecule has 4 heteroatoms. The lowest BCUT2D eigenvalue weighted by atomic mass is 10.2. The maximum Gasteiger partial charge on any atom is 0.252 e. The van der Waals surface area contributed by atoms with Crippen LogP contribution in [0.1, 0.15) is 38.1 Å². The summed E-state index contributed by atoms with van der Waals surface area (Å²) in [6, 6.07) is 5.02. The van der Waals surface area contributed by atoms with Gasteiger partial charge in [-0.05, 0) is 43.5 Å². The lowest BCUT2D eigenvalue weighted by Gasteiger charge is -2.14. The van der Waals surface area contributed by atoms with E-state index in [-0.39, 0.29) is 6.10 Å². The summed E-state index contributed by atoms with van der Waals surface area (Å²) in [5.74, 6) is 1.61. The molecule has 0 aliphatic heterocycles. The highest BCUT2D eigenvalue weighted by molar-refractivity contribution is 6.67. The lowest BCUT2D eigenvalue weighted by molar-refractivity contribution is 0.108. The van der Waals surface area contributed by atoms with E-state index in [1.807, 2.05) is 13.8 Å². The average molecular weight is 271 g/mol. The minimum absolute atomic E-state index is 0.0311. The zero-order chi connectivity index (χ0) is 13.7. The van der Waals surface area contributed by atoms with Gasteiger partial charge in [0.15, 0.2) is 0 Å². The van der Waals surface area contributed by atoms with Crippen LogP contribution in [0.3, 0.4) is 0 Å². The third-order valence-electron chi connectivity index (χ3n) is 2.06. The molecule has 0 aliphatic rings. The Hall–Kier alpha value is -1.22. The molecule has 3 nitrogen and oxygen atoms in total. The van der Waals surface area contributed by atoms with Gasteiger partial charge in [0.2, 0.25) is 0 Å². The molecule has 18 heavy (non-hydrogen) atoms. The molecule has 0 aliphatic carbocycles. The smallest absolute Gasteiger partial charge is 0.252 e. The van der Waals surface area contributed by atoms with Crippen molar-refractivity contribution in [2.24, 2.45) is 5.92 Å². The molecule has 0 radical (unpaired) electrons. The summed E-state index contributed by atoms with van der Waals surface area (Å²) >= 11 is 5.50. The fraction of sp³-hybridized carbons (Fsp3) is 0.500. The molecule has 100 valence electrons. The van der Waals surface area contributed by atoms with E-state index in [0.717, 1.165) is 0 Å². The van der Waals surface area contributed by atoms with Crippen molar-refractivity contribution in [3.8, 4) is 11.5 Å². The number of hydrogen-bond donors (Lipinski definition) is 0.